The lowest BCUT2D eigenvalue weighted by Gasteiger charge is -2.06. The zero-order valence-electron chi connectivity index (χ0n) is 9.56. The van der Waals surface area contributed by atoms with E-state index in [2.05, 4.69) is 5.10 Å². The molecule has 0 atom stereocenters. The quantitative estimate of drug-likeness (QED) is 0.883. The van der Waals surface area contributed by atoms with Gasteiger partial charge in [0.05, 0.1) is 11.8 Å². The molecular formula is C12H14FN3O. The molecule has 1 aromatic heterocycles. The summed E-state index contributed by atoms with van der Waals surface area (Å²) in [7, 11) is 0. The first-order chi connectivity index (χ1) is 8.20. The highest BCUT2D eigenvalue weighted by Gasteiger charge is 2.06. The number of nitrogens with zero attached hydrogens (tertiary/aromatic N) is 2. The molecule has 4 nitrogen and oxygen atoms in total. The van der Waals surface area contributed by atoms with Crippen molar-refractivity contribution in [3.63, 3.8) is 0 Å². The summed E-state index contributed by atoms with van der Waals surface area (Å²) in [5.41, 5.74) is 6.66. The van der Waals surface area contributed by atoms with Crippen LogP contribution in [0.5, 0.6) is 5.75 Å². The van der Waals surface area contributed by atoms with E-state index in [9.17, 15) is 4.39 Å². The summed E-state index contributed by atoms with van der Waals surface area (Å²) in [5, 5.41) is 4.10. The van der Waals surface area contributed by atoms with Gasteiger partial charge in [-0.15, -0.1) is 0 Å². The van der Waals surface area contributed by atoms with Crippen LogP contribution in [0.15, 0.2) is 30.5 Å². The van der Waals surface area contributed by atoms with Crippen LogP contribution in [-0.4, -0.2) is 9.78 Å². The molecule has 5 heteroatoms. The summed E-state index contributed by atoms with van der Waals surface area (Å²) in [6.45, 7) is 2.96. The molecule has 2 aromatic rings. The number of ether oxygens (including phenoxy) is 1. The number of hydrogen-bond acceptors (Lipinski definition) is 3. The predicted molar refractivity (Wildman–Crippen MR) is 63.0 cm³/mol. The highest BCUT2D eigenvalue weighted by Crippen LogP contribution is 2.17. The van der Waals surface area contributed by atoms with Crippen LogP contribution >= 0.6 is 0 Å². The average Bonchev–Trinajstić information content (AvgIpc) is 2.67. The Bertz CT molecular complexity index is 510. The van der Waals surface area contributed by atoms with Crippen LogP contribution in [0.4, 0.5) is 10.2 Å². The van der Waals surface area contributed by atoms with E-state index in [0.717, 1.165) is 5.56 Å². The number of nitrogen functional groups attached to an aromatic ring is 1. The monoisotopic (exact) mass is 235 g/mol. The van der Waals surface area contributed by atoms with Crippen molar-refractivity contribution in [1.29, 1.82) is 0 Å². The number of benzene rings is 1. The molecule has 90 valence electrons. The predicted octanol–water partition coefficient (Wildman–Crippen LogP) is 2.20. The second kappa shape index (κ2) is 4.86. The molecule has 17 heavy (non-hydrogen) atoms. The van der Waals surface area contributed by atoms with Crippen LogP contribution in [0.2, 0.25) is 0 Å². The zero-order chi connectivity index (χ0) is 12.3. The molecule has 0 radical (unpaired) electrons. The van der Waals surface area contributed by atoms with Crippen LogP contribution in [0.25, 0.3) is 0 Å². The first-order valence-corrected chi connectivity index (χ1v) is 5.39. The van der Waals surface area contributed by atoms with Gasteiger partial charge in [-0.3, -0.25) is 4.68 Å². The van der Waals surface area contributed by atoms with Crippen LogP contribution in [-0.2, 0) is 13.2 Å². The standard InChI is InChI=1S/C12H14FN3O/c1-2-16-12(14)9(7-15-16)8-17-11-5-3-4-10(13)6-11/h3-7H,2,8,14H2,1H3. The van der Waals surface area contributed by atoms with Crippen molar-refractivity contribution < 1.29 is 9.13 Å². The molecule has 0 aliphatic heterocycles. The molecule has 0 unspecified atom stereocenters. The van der Waals surface area contributed by atoms with Crippen molar-refractivity contribution in [1.82, 2.24) is 9.78 Å². The Balaban J connectivity index is 2.05. The first-order valence-electron chi connectivity index (χ1n) is 5.39. The molecule has 0 aliphatic carbocycles. The number of hydrogen-bond donors (Lipinski definition) is 1. The van der Waals surface area contributed by atoms with E-state index in [1.807, 2.05) is 6.92 Å². The minimum atomic E-state index is -0.320. The van der Waals surface area contributed by atoms with Gasteiger partial charge in [-0.2, -0.15) is 5.10 Å². The average molecular weight is 235 g/mol. The molecule has 1 aromatic carbocycles. The second-order valence-electron chi connectivity index (χ2n) is 3.62. The molecule has 0 amide bonds. The number of rotatable bonds is 4. The van der Waals surface area contributed by atoms with Crippen LogP contribution in [0.1, 0.15) is 12.5 Å². The fourth-order valence-corrected chi connectivity index (χ4v) is 1.51. The zero-order valence-corrected chi connectivity index (χ0v) is 9.56. The van der Waals surface area contributed by atoms with E-state index < -0.39 is 0 Å². The Labute approximate surface area is 98.8 Å². The molecular weight excluding hydrogens is 221 g/mol. The van der Waals surface area contributed by atoms with Gasteiger partial charge in [0.2, 0.25) is 0 Å². The van der Waals surface area contributed by atoms with Crippen LogP contribution in [0.3, 0.4) is 0 Å². The maximum atomic E-state index is 12.9. The smallest absolute Gasteiger partial charge is 0.128 e. The van der Waals surface area contributed by atoms with E-state index >= 15 is 0 Å². The van der Waals surface area contributed by atoms with Gasteiger partial charge in [0.15, 0.2) is 0 Å². The summed E-state index contributed by atoms with van der Waals surface area (Å²) in [5.74, 6) is 0.747. The summed E-state index contributed by atoms with van der Waals surface area (Å²) in [6.07, 6.45) is 1.66. The third kappa shape index (κ3) is 2.55. The van der Waals surface area contributed by atoms with Gasteiger partial charge in [0, 0.05) is 12.6 Å². The topological polar surface area (TPSA) is 53.1 Å². The fourth-order valence-electron chi connectivity index (χ4n) is 1.51. The van der Waals surface area contributed by atoms with Crippen LogP contribution in [0, 0.1) is 5.82 Å². The van der Waals surface area contributed by atoms with Crippen molar-refractivity contribution in [3.8, 4) is 5.75 Å². The minimum absolute atomic E-state index is 0.287. The molecule has 0 spiro atoms. The van der Waals surface area contributed by atoms with Gasteiger partial charge < -0.3 is 10.5 Å². The van der Waals surface area contributed by atoms with Gasteiger partial charge in [0.25, 0.3) is 0 Å². The van der Waals surface area contributed by atoms with Gasteiger partial charge in [-0.25, -0.2) is 4.39 Å². The second-order valence-corrected chi connectivity index (χ2v) is 3.62. The number of nitrogens with two attached hydrogens (primary N) is 1. The minimum Gasteiger partial charge on any atom is -0.489 e. The number of anilines is 1. The van der Waals surface area contributed by atoms with Gasteiger partial charge >= 0.3 is 0 Å². The van der Waals surface area contributed by atoms with E-state index in [1.54, 1.807) is 23.0 Å². The van der Waals surface area contributed by atoms with Gasteiger partial charge in [-0.05, 0) is 19.1 Å². The summed E-state index contributed by atoms with van der Waals surface area (Å²) in [4.78, 5) is 0. The summed E-state index contributed by atoms with van der Waals surface area (Å²) in [6, 6.07) is 6.00. The van der Waals surface area contributed by atoms with Crippen molar-refractivity contribution in [2.24, 2.45) is 0 Å². The van der Waals surface area contributed by atoms with E-state index in [0.29, 0.717) is 18.1 Å². The summed E-state index contributed by atoms with van der Waals surface area (Å²) < 4.78 is 20.0. The molecule has 0 bridgehead atoms. The molecule has 2 N–H and O–H groups in total. The molecule has 1 heterocycles. The lowest BCUT2D eigenvalue weighted by molar-refractivity contribution is 0.305. The summed E-state index contributed by atoms with van der Waals surface area (Å²) >= 11 is 0. The van der Waals surface area contributed by atoms with Gasteiger partial charge in [-0.1, -0.05) is 6.07 Å². The molecule has 2 rings (SSSR count). The maximum Gasteiger partial charge on any atom is 0.128 e. The molecule has 0 aliphatic rings. The lowest BCUT2D eigenvalue weighted by Crippen LogP contribution is -2.04. The largest absolute Gasteiger partial charge is 0.489 e. The first kappa shape index (κ1) is 11.4. The highest BCUT2D eigenvalue weighted by molar-refractivity contribution is 5.38. The maximum absolute atomic E-state index is 12.9. The Morgan fingerprint density at radius 3 is 2.94 bits per heavy atom. The Hall–Kier alpha value is -2.04. The van der Waals surface area contributed by atoms with E-state index in [1.165, 1.54) is 12.1 Å². The molecule has 0 fully saturated rings. The van der Waals surface area contributed by atoms with E-state index in [-0.39, 0.29) is 12.4 Å². The number of halogens is 1. The Kier molecular flexibility index (Phi) is 3.27. The SMILES string of the molecule is CCn1ncc(COc2cccc(F)c2)c1N. The third-order valence-corrected chi connectivity index (χ3v) is 2.45. The number of aromatic nitrogens is 2. The molecule has 0 saturated carbocycles. The van der Waals surface area contributed by atoms with E-state index in [4.69, 9.17) is 10.5 Å². The van der Waals surface area contributed by atoms with Gasteiger partial charge in [0.1, 0.15) is 24.0 Å². The molecule has 0 saturated heterocycles. The third-order valence-electron chi connectivity index (χ3n) is 2.45. The normalized spacial score (nSPS) is 10.5. The Morgan fingerprint density at radius 2 is 2.29 bits per heavy atom. The van der Waals surface area contributed by atoms with Crippen molar-refractivity contribution in [3.05, 3.63) is 41.8 Å². The van der Waals surface area contributed by atoms with Crippen LogP contribution < -0.4 is 10.5 Å². The fraction of sp³-hybridized carbons (Fsp3) is 0.250. The number of aryl methyl sites for hydroxylation is 1. The highest BCUT2D eigenvalue weighted by atomic mass is 19.1. The lowest BCUT2D eigenvalue weighted by atomic mass is 10.3. The van der Waals surface area contributed by atoms with Crippen molar-refractivity contribution >= 4 is 5.82 Å². The van der Waals surface area contributed by atoms with Crippen molar-refractivity contribution in [2.45, 2.75) is 20.1 Å². The Morgan fingerprint density at radius 1 is 1.47 bits per heavy atom. The van der Waals surface area contributed by atoms with Crippen molar-refractivity contribution in [2.75, 3.05) is 5.73 Å².